The van der Waals surface area contributed by atoms with Gasteiger partial charge in [0.2, 0.25) is 0 Å². The smallest absolute Gasteiger partial charge is 0.314 e. The number of hydrogen-bond acceptors (Lipinski definition) is 3. The molecule has 4 nitrogen and oxygen atoms in total. The SMILES string of the molecule is CN1CCC(C(=O)O)(c2ccncc2)CC1. The number of pyridine rings is 1. The van der Waals surface area contributed by atoms with Crippen molar-refractivity contribution in [3.63, 3.8) is 0 Å². The normalized spacial score (nSPS) is 20.6. The summed E-state index contributed by atoms with van der Waals surface area (Å²) in [5.41, 5.74) is 0.165. The van der Waals surface area contributed by atoms with Crippen LogP contribution in [0.3, 0.4) is 0 Å². The number of carbonyl (C=O) groups is 1. The molecule has 1 aromatic rings. The van der Waals surface area contributed by atoms with Crippen LogP contribution in [0.15, 0.2) is 24.5 Å². The minimum atomic E-state index is -0.716. The van der Waals surface area contributed by atoms with E-state index in [0.717, 1.165) is 18.7 Å². The Kier molecular flexibility index (Phi) is 2.92. The summed E-state index contributed by atoms with van der Waals surface area (Å²) in [5, 5.41) is 9.49. The first-order valence-corrected chi connectivity index (χ1v) is 5.47. The molecule has 0 saturated carbocycles. The molecule has 86 valence electrons. The van der Waals surface area contributed by atoms with Gasteiger partial charge in [-0.3, -0.25) is 9.78 Å². The number of nitrogens with zero attached hydrogens (tertiary/aromatic N) is 2. The first kappa shape index (κ1) is 11.1. The van der Waals surface area contributed by atoms with Crippen molar-refractivity contribution in [2.75, 3.05) is 20.1 Å². The Hall–Kier alpha value is -1.42. The maximum absolute atomic E-state index is 11.5. The van der Waals surface area contributed by atoms with Crippen molar-refractivity contribution in [3.8, 4) is 0 Å². The number of piperidine rings is 1. The standard InChI is InChI=1S/C12H16N2O2/c1-14-8-4-12(5-9-14,11(15)16)10-2-6-13-7-3-10/h2-3,6-7H,4-5,8-9H2,1H3,(H,15,16). The van der Waals surface area contributed by atoms with Crippen LogP contribution in [0.2, 0.25) is 0 Å². The summed E-state index contributed by atoms with van der Waals surface area (Å²) in [7, 11) is 2.03. The van der Waals surface area contributed by atoms with Crippen molar-refractivity contribution in [1.82, 2.24) is 9.88 Å². The quantitative estimate of drug-likeness (QED) is 0.811. The van der Waals surface area contributed by atoms with Crippen LogP contribution in [-0.4, -0.2) is 41.1 Å². The zero-order valence-electron chi connectivity index (χ0n) is 9.39. The summed E-state index contributed by atoms with van der Waals surface area (Å²) in [6.07, 6.45) is 4.67. The molecule has 1 N–H and O–H groups in total. The average molecular weight is 220 g/mol. The number of aliphatic carboxylic acids is 1. The van der Waals surface area contributed by atoms with Crippen LogP contribution in [0.4, 0.5) is 0 Å². The van der Waals surface area contributed by atoms with E-state index in [1.807, 2.05) is 19.2 Å². The molecule has 0 amide bonds. The van der Waals surface area contributed by atoms with E-state index in [0.29, 0.717) is 12.8 Å². The minimum Gasteiger partial charge on any atom is -0.481 e. The lowest BCUT2D eigenvalue weighted by Crippen LogP contribution is -2.46. The Bertz CT molecular complexity index is 370. The fraction of sp³-hybridized carbons (Fsp3) is 0.500. The maximum atomic E-state index is 11.5. The molecule has 0 aliphatic carbocycles. The molecular weight excluding hydrogens is 204 g/mol. The van der Waals surface area contributed by atoms with Crippen LogP contribution in [0.1, 0.15) is 18.4 Å². The van der Waals surface area contributed by atoms with Gasteiger partial charge in [-0.2, -0.15) is 0 Å². The summed E-state index contributed by atoms with van der Waals surface area (Å²) in [6.45, 7) is 1.66. The van der Waals surface area contributed by atoms with E-state index in [9.17, 15) is 9.90 Å². The van der Waals surface area contributed by atoms with Gasteiger partial charge in [0, 0.05) is 12.4 Å². The summed E-state index contributed by atoms with van der Waals surface area (Å²) in [5.74, 6) is -0.716. The van der Waals surface area contributed by atoms with Gasteiger partial charge in [0.05, 0.1) is 5.41 Å². The maximum Gasteiger partial charge on any atom is 0.314 e. The lowest BCUT2D eigenvalue weighted by molar-refractivity contribution is -0.145. The average Bonchev–Trinajstić information content (AvgIpc) is 2.31. The predicted molar refractivity (Wildman–Crippen MR) is 60.3 cm³/mol. The highest BCUT2D eigenvalue weighted by molar-refractivity contribution is 5.81. The number of rotatable bonds is 2. The Morgan fingerprint density at radius 1 is 1.38 bits per heavy atom. The van der Waals surface area contributed by atoms with Gasteiger partial charge in [0.25, 0.3) is 0 Å². The first-order valence-electron chi connectivity index (χ1n) is 5.47. The lowest BCUT2D eigenvalue weighted by Gasteiger charge is -2.37. The number of hydrogen-bond donors (Lipinski definition) is 1. The van der Waals surface area contributed by atoms with Gasteiger partial charge in [0.1, 0.15) is 0 Å². The summed E-state index contributed by atoms with van der Waals surface area (Å²) in [4.78, 5) is 17.7. The van der Waals surface area contributed by atoms with Gasteiger partial charge in [-0.25, -0.2) is 0 Å². The minimum absolute atomic E-state index is 0.669. The zero-order chi connectivity index (χ0) is 11.6. The highest BCUT2D eigenvalue weighted by atomic mass is 16.4. The third-order valence-electron chi connectivity index (χ3n) is 3.48. The predicted octanol–water partition coefficient (Wildman–Crippen LogP) is 1.13. The molecule has 4 heteroatoms. The molecule has 0 bridgehead atoms. The fourth-order valence-electron chi connectivity index (χ4n) is 2.30. The second-order valence-electron chi connectivity index (χ2n) is 4.43. The second kappa shape index (κ2) is 4.22. The van der Waals surface area contributed by atoms with Crippen molar-refractivity contribution in [1.29, 1.82) is 0 Å². The van der Waals surface area contributed by atoms with Crippen LogP contribution >= 0.6 is 0 Å². The molecule has 2 rings (SSSR count). The summed E-state index contributed by atoms with van der Waals surface area (Å²) < 4.78 is 0. The topological polar surface area (TPSA) is 53.4 Å². The van der Waals surface area contributed by atoms with E-state index >= 15 is 0 Å². The molecule has 1 aromatic heterocycles. The van der Waals surface area contributed by atoms with E-state index in [1.54, 1.807) is 12.4 Å². The molecule has 0 radical (unpaired) electrons. The van der Waals surface area contributed by atoms with Gasteiger partial charge in [-0.05, 0) is 50.7 Å². The molecule has 1 aliphatic heterocycles. The summed E-state index contributed by atoms with van der Waals surface area (Å²) >= 11 is 0. The van der Waals surface area contributed by atoms with Crippen molar-refractivity contribution >= 4 is 5.97 Å². The van der Waals surface area contributed by atoms with Crippen LogP contribution in [0.5, 0.6) is 0 Å². The molecule has 0 unspecified atom stereocenters. The van der Waals surface area contributed by atoms with Crippen LogP contribution in [-0.2, 0) is 10.2 Å². The van der Waals surface area contributed by atoms with Gasteiger partial charge >= 0.3 is 5.97 Å². The molecule has 1 aliphatic rings. The largest absolute Gasteiger partial charge is 0.481 e. The zero-order valence-corrected chi connectivity index (χ0v) is 9.39. The van der Waals surface area contributed by atoms with E-state index < -0.39 is 11.4 Å². The van der Waals surface area contributed by atoms with Gasteiger partial charge in [-0.1, -0.05) is 0 Å². The Morgan fingerprint density at radius 3 is 2.44 bits per heavy atom. The second-order valence-corrected chi connectivity index (χ2v) is 4.43. The molecule has 0 aromatic carbocycles. The number of aromatic nitrogens is 1. The third kappa shape index (κ3) is 1.80. The molecule has 16 heavy (non-hydrogen) atoms. The molecule has 1 saturated heterocycles. The Morgan fingerprint density at radius 2 is 1.94 bits per heavy atom. The van der Waals surface area contributed by atoms with Crippen LogP contribution in [0.25, 0.3) is 0 Å². The third-order valence-corrected chi connectivity index (χ3v) is 3.48. The van der Waals surface area contributed by atoms with Gasteiger partial charge in [-0.15, -0.1) is 0 Å². The highest BCUT2D eigenvalue weighted by Gasteiger charge is 2.42. The van der Waals surface area contributed by atoms with Crippen molar-refractivity contribution < 1.29 is 9.90 Å². The van der Waals surface area contributed by atoms with E-state index in [1.165, 1.54) is 0 Å². The lowest BCUT2D eigenvalue weighted by atomic mass is 9.73. The van der Waals surface area contributed by atoms with Crippen LogP contribution in [0, 0.1) is 0 Å². The fourth-order valence-corrected chi connectivity index (χ4v) is 2.30. The molecule has 2 heterocycles. The Balaban J connectivity index is 2.34. The van der Waals surface area contributed by atoms with Crippen LogP contribution < -0.4 is 0 Å². The molecule has 0 atom stereocenters. The van der Waals surface area contributed by atoms with Crippen molar-refractivity contribution in [2.45, 2.75) is 18.3 Å². The van der Waals surface area contributed by atoms with Gasteiger partial charge < -0.3 is 10.0 Å². The molecule has 1 fully saturated rings. The van der Waals surface area contributed by atoms with E-state index in [4.69, 9.17) is 0 Å². The van der Waals surface area contributed by atoms with E-state index in [-0.39, 0.29) is 0 Å². The van der Waals surface area contributed by atoms with E-state index in [2.05, 4.69) is 9.88 Å². The Labute approximate surface area is 94.9 Å². The van der Waals surface area contributed by atoms with Gasteiger partial charge in [0.15, 0.2) is 0 Å². The summed E-state index contributed by atoms with van der Waals surface area (Å²) in [6, 6.07) is 3.64. The molecule has 0 spiro atoms. The van der Waals surface area contributed by atoms with Crippen molar-refractivity contribution in [2.24, 2.45) is 0 Å². The highest BCUT2D eigenvalue weighted by Crippen LogP contribution is 2.35. The first-order chi connectivity index (χ1) is 7.65. The number of carboxylic acid groups (broad SMARTS) is 1. The van der Waals surface area contributed by atoms with Crippen molar-refractivity contribution in [3.05, 3.63) is 30.1 Å². The molecular formula is C12H16N2O2. The number of likely N-dealkylation sites (tertiary alicyclic amines) is 1. The monoisotopic (exact) mass is 220 g/mol. The number of carboxylic acids is 1.